The minimum absolute atomic E-state index is 0.279. The van der Waals surface area contributed by atoms with E-state index in [-0.39, 0.29) is 20.9 Å². The normalized spacial score (nSPS) is 12.0. The Morgan fingerprint density at radius 1 is 1.09 bits per heavy atom. The van der Waals surface area contributed by atoms with Crippen molar-refractivity contribution in [2.75, 3.05) is 0 Å². The van der Waals surface area contributed by atoms with Gasteiger partial charge in [0, 0.05) is 0 Å². The van der Waals surface area contributed by atoms with Gasteiger partial charge in [0.05, 0.1) is 0 Å². The Morgan fingerprint density at radius 2 is 1.73 bits per heavy atom. The number of hydrogen-bond acceptors (Lipinski definition) is 0. The zero-order valence-corrected chi connectivity index (χ0v) is 10.8. The number of unbranched alkanes of at least 4 members (excludes halogenated alkanes) is 3. The molecule has 0 nitrogen and oxygen atoms in total. The van der Waals surface area contributed by atoms with Crippen LogP contribution < -0.4 is 0 Å². The molecule has 11 heavy (non-hydrogen) atoms. The first-order valence-corrected chi connectivity index (χ1v) is 8.17. The summed E-state index contributed by atoms with van der Waals surface area (Å²) in [5, 5.41) is 0. The van der Waals surface area contributed by atoms with Crippen LogP contribution in [0.4, 0.5) is 0 Å². The molecule has 0 amide bonds. The van der Waals surface area contributed by atoms with E-state index in [9.17, 15) is 0 Å². The van der Waals surface area contributed by atoms with Gasteiger partial charge in [-0.2, -0.15) is 0 Å². The Morgan fingerprint density at radius 3 is 2.18 bits per heavy atom. The van der Waals surface area contributed by atoms with Gasteiger partial charge >= 0.3 is 82.2 Å². The predicted molar refractivity (Wildman–Crippen MR) is 54.4 cm³/mol. The summed E-state index contributed by atoms with van der Waals surface area (Å²) in [7, 11) is 0. The molecule has 0 saturated carbocycles. The molecule has 0 radical (unpaired) electrons. The van der Waals surface area contributed by atoms with Crippen molar-refractivity contribution in [3.63, 3.8) is 0 Å². The maximum absolute atomic E-state index is 2.43. The van der Waals surface area contributed by atoms with Gasteiger partial charge in [-0.1, -0.05) is 0 Å². The van der Waals surface area contributed by atoms with Gasteiger partial charge in [0.25, 0.3) is 0 Å². The third-order valence-electron chi connectivity index (χ3n) is 2.18. The maximum atomic E-state index is 2.43. The molecular weight excluding hydrogens is 248 g/mol. The van der Waals surface area contributed by atoms with Crippen LogP contribution in [0.15, 0.2) is 0 Å². The third kappa shape index (κ3) is 7.16. The van der Waals surface area contributed by atoms with Crippen molar-refractivity contribution in [2.24, 2.45) is 0 Å². The first kappa shape index (κ1) is 11.8. The molecule has 0 rings (SSSR count). The minimum atomic E-state index is 0.279. The summed E-state index contributed by atoms with van der Waals surface area (Å²) < 4.78 is 0.721. The van der Waals surface area contributed by atoms with E-state index >= 15 is 0 Å². The van der Waals surface area contributed by atoms with Crippen molar-refractivity contribution < 1.29 is 0 Å². The second kappa shape index (κ2) is 6.32. The van der Waals surface area contributed by atoms with Crippen LogP contribution in [0.5, 0.6) is 0 Å². The standard InChI is InChI=1S/C10H22Te/c1-5-6-7-8-9-10(2,3)11-4/h5-9H2,1-4H3. The Bertz CT molecular complexity index is 86.9. The zero-order chi connectivity index (χ0) is 8.74. The first-order valence-electron chi connectivity index (χ1n) is 4.67. The average molecular weight is 270 g/mol. The molecule has 0 aromatic carbocycles. The second-order valence-electron chi connectivity index (χ2n) is 3.77. The Labute approximate surface area is 82.2 Å². The van der Waals surface area contributed by atoms with Crippen molar-refractivity contribution in [2.45, 2.75) is 61.3 Å². The quantitative estimate of drug-likeness (QED) is 0.507. The van der Waals surface area contributed by atoms with Crippen LogP contribution in [0, 0.1) is 0 Å². The van der Waals surface area contributed by atoms with Gasteiger partial charge in [0.2, 0.25) is 0 Å². The second-order valence-corrected chi connectivity index (χ2v) is 8.09. The van der Waals surface area contributed by atoms with Crippen molar-refractivity contribution >= 4 is 20.9 Å². The van der Waals surface area contributed by atoms with Gasteiger partial charge in [0.1, 0.15) is 0 Å². The molecule has 0 aliphatic rings. The van der Waals surface area contributed by atoms with Crippen LogP contribution in [0.2, 0.25) is 8.43 Å². The van der Waals surface area contributed by atoms with Gasteiger partial charge in [-0.25, -0.2) is 0 Å². The molecule has 0 saturated heterocycles. The molecule has 0 aliphatic carbocycles. The Kier molecular flexibility index (Phi) is 6.78. The first-order chi connectivity index (χ1) is 5.12. The van der Waals surface area contributed by atoms with Crippen LogP contribution in [0.25, 0.3) is 0 Å². The third-order valence-corrected chi connectivity index (χ3v) is 5.92. The van der Waals surface area contributed by atoms with Gasteiger partial charge < -0.3 is 0 Å². The van der Waals surface area contributed by atoms with Crippen LogP contribution >= 0.6 is 0 Å². The number of rotatable bonds is 6. The van der Waals surface area contributed by atoms with E-state index in [2.05, 4.69) is 25.7 Å². The number of hydrogen-bond donors (Lipinski definition) is 0. The predicted octanol–water partition coefficient (Wildman–Crippen LogP) is 3.91. The molecule has 1 heteroatoms. The van der Waals surface area contributed by atoms with Gasteiger partial charge in [0.15, 0.2) is 0 Å². The van der Waals surface area contributed by atoms with Crippen molar-refractivity contribution in [1.82, 2.24) is 0 Å². The fraction of sp³-hybridized carbons (Fsp3) is 1.00. The molecule has 0 aliphatic heterocycles. The van der Waals surface area contributed by atoms with E-state index < -0.39 is 0 Å². The van der Waals surface area contributed by atoms with E-state index in [1.807, 2.05) is 0 Å². The molecule has 0 fully saturated rings. The molecule has 0 spiro atoms. The van der Waals surface area contributed by atoms with E-state index in [4.69, 9.17) is 0 Å². The molecule has 0 atom stereocenters. The molecule has 68 valence electrons. The van der Waals surface area contributed by atoms with Crippen molar-refractivity contribution in [3.05, 3.63) is 0 Å². The van der Waals surface area contributed by atoms with Gasteiger partial charge in [-0.05, 0) is 0 Å². The van der Waals surface area contributed by atoms with E-state index in [1.165, 1.54) is 32.1 Å². The fourth-order valence-corrected chi connectivity index (χ4v) is 2.07. The van der Waals surface area contributed by atoms with Crippen molar-refractivity contribution in [3.8, 4) is 0 Å². The molecule has 0 heterocycles. The summed E-state index contributed by atoms with van der Waals surface area (Å²) in [5.41, 5.74) is 0. The average Bonchev–Trinajstić information content (AvgIpc) is 1.99. The summed E-state index contributed by atoms with van der Waals surface area (Å²) in [6.07, 6.45) is 7.17. The van der Waals surface area contributed by atoms with Gasteiger partial charge in [-0.3, -0.25) is 0 Å². The molecule has 0 aromatic rings. The van der Waals surface area contributed by atoms with E-state index in [0.717, 1.165) is 3.46 Å². The molecule has 0 N–H and O–H groups in total. The summed E-state index contributed by atoms with van der Waals surface area (Å²) in [6, 6.07) is 0. The summed E-state index contributed by atoms with van der Waals surface area (Å²) in [5.74, 6) is 0. The molecule has 0 aromatic heterocycles. The SMILES string of the molecule is CCCCCCC(C)(C)[Te]C. The van der Waals surface area contributed by atoms with Crippen LogP contribution in [0.1, 0.15) is 52.9 Å². The molecule has 0 unspecified atom stereocenters. The van der Waals surface area contributed by atoms with E-state index in [0.29, 0.717) is 0 Å². The Hall–Kier alpha value is 0.790. The Balaban J connectivity index is 3.23. The molecular formula is C10H22Te. The van der Waals surface area contributed by atoms with E-state index in [1.54, 1.807) is 0 Å². The van der Waals surface area contributed by atoms with Crippen LogP contribution in [-0.2, 0) is 0 Å². The van der Waals surface area contributed by atoms with Crippen molar-refractivity contribution in [1.29, 1.82) is 0 Å². The van der Waals surface area contributed by atoms with Crippen LogP contribution in [0.3, 0.4) is 0 Å². The topological polar surface area (TPSA) is 0 Å². The van der Waals surface area contributed by atoms with Crippen LogP contribution in [-0.4, -0.2) is 20.9 Å². The molecule has 0 bridgehead atoms. The summed E-state index contributed by atoms with van der Waals surface area (Å²) in [6.45, 7) is 7.14. The monoisotopic (exact) mass is 272 g/mol. The zero-order valence-electron chi connectivity index (χ0n) is 8.44. The summed E-state index contributed by atoms with van der Waals surface area (Å²) in [4.78, 5) is 2.42. The van der Waals surface area contributed by atoms with Gasteiger partial charge in [-0.15, -0.1) is 0 Å². The fourth-order valence-electron chi connectivity index (χ4n) is 1.08. The summed E-state index contributed by atoms with van der Waals surface area (Å²) >= 11 is 0.279.